The second-order valence-corrected chi connectivity index (χ2v) is 5.59. The summed E-state index contributed by atoms with van der Waals surface area (Å²) in [6.45, 7) is 4.49. The number of carbonyl (C=O) groups is 1. The molecule has 0 aliphatic heterocycles. The lowest BCUT2D eigenvalue weighted by atomic mass is 10.2. The first-order valence-electron chi connectivity index (χ1n) is 8.27. The van der Waals surface area contributed by atoms with Gasteiger partial charge in [0.05, 0.1) is 12.3 Å². The Kier molecular flexibility index (Phi) is 5.26. The van der Waals surface area contributed by atoms with Crippen LogP contribution in [-0.4, -0.2) is 27.3 Å². The summed E-state index contributed by atoms with van der Waals surface area (Å²) in [5, 5.41) is 7.02. The highest BCUT2D eigenvalue weighted by Gasteiger charge is 2.15. The molecule has 1 heterocycles. The Hall–Kier alpha value is -3.22. The van der Waals surface area contributed by atoms with E-state index in [1.807, 2.05) is 31.2 Å². The molecule has 7 heteroatoms. The number of nitrogens with zero attached hydrogens (tertiary/aromatic N) is 3. The predicted molar refractivity (Wildman–Crippen MR) is 94.8 cm³/mol. The van der Waals surface area contributed by atoms with Crippen molar-refractivity contribution in [1.29, 1.82) is 0 Å². The number of halogens is 1. The molecule has 1 N–H and O–H groups in total. The Labute approximate surface area is 150 Å². The van der Waals surface area contributed by atoms with E-state index in [2.05, 4.69) is 15.4 Å². The fraction of sp³-hybridized carbons (Fsp3) is 0.211. The molecule has 134 valence electrons. The van der Waals surface area contributed by atoms with E-state index in [9.17, 15) is 9.18 Å². The second kappa shape index (κ2) is 7.77. The molecule has 0 saturated heterocycles. The van der Waals surface area contributed by atoms with Crippen LogP contribution < -0.4 is 10.1 Å². The van der Waals surface area contributed by atoms with Crippen LogP contribution in [0.4, 0.5) is 4.39 Å². The number of hydrogen-bond acceptors (Lipinski definition) is 4. The summed E-state index contributed by atoms with van der Waals surface area (Å²) in [5.74, 6) is 0.603. The first-order chi connectivity index (χ1) is 12.6. The summed E-state index contributed by atoms with van der Waals surface area (Å²) in [5.41, 5.74) is 1.51. The minimum absolute atomic E-state index is 0.0562. The SMILES string of the molecule is CCOc1ccccc1CNC(=O)c1nc(C)n(-c2ccc(F)cc2)n1. The Morgan fingerprint density at radius 3 is 2.65 bits per heavy atom. The number of amides is 1. The van der Waals surface area contributed by atoms with Crippen molar-refractivity contribution < 1.29 is 13.9 Å². The number of rotatable bonds is 6. The molecule has 3 aromatic rings. The van der Waals surface area contributed by atoms with Gasteiger partial charge in [0.2, 0.25) is 5.82 Å². The van der Waals surface area contributed by atoms with Gasteiger partial charge in [-0.3, -0.25) is 4.79 Å². The topological polar surface area (TPSA) is 69.0 Å². The highest BCUT2D eigenvalue weighted by atomic mass is 19.1. The van der Waals surface area contributed by atoms with Crippen LogP contribution in [0.5, 0.6) is 5.75 Å². The fourth-order valence-electron chi connectivity index (χ4n) is 2.51. The lowest BCUT2D eigenvalue weighted by molar-refractivity contribution is 0.0940. The minimum Gasteiger partial charge on any atom is -0.494 e. The Morgan fingerprint density at radius 2 is 1.92 bits per heavy atom. The molecule has 0 atom stereocenters. The predicted octanol–water partition coefficient (Wildman–Crippen LogP) is 3.04. The van der Waals surface area contributed by atoms with E-state index in [-0.39, 0.29) is 17.5 Å². The summed E-state index contributed by atoms with van der Waals surface area (Å²) in [6.07, 6.45) is 0. The van der Waals surface area contributed by atoms with Gasteiger partial charge in [0, 0.05) is 12.1 Å². The largest absolute Gasteiger partial charge is 0.494 e. The van der Waals surface area contributed by atoms with E-state index in [1.54, 1.807) is 19.1 Å². The molecule has 1 amide bonds. The number of carbonyl (C=O) groups excluding carboxylic acids is 1. The maximum Gasteiger partial charge on any atom is 0.291 e. The highest BCUT2D eigenvalue weighted by Crippen LogP contribution is 2.17. The van der Waals surface area contributed by atoms with Gasteiger partial charge in [-0.2, -0.15) is 0 Å². The third-order valence-corrected chi connectivity index (χ3v) is 3.76. The third-order valence-electron chi connectivity index (χ3n) is 3.76. The molecule has 0 aliphatic rings. The molecule has 1 aromatic heterocycles. The monoisotopic (exact) mass is 354 g/mol. The van der Waals surface area contributed by atoms with Crippen LogP contribution in [0.25, 0.3) is 5.69 Å². The molecule has 6 nitrogen and oxygen atoms in total. The summed E-state index contributed by atoms with van der Waals surface area (Å²) in [4.78, 5) is 16.6. The standard InChI is InChI=1S/C19H19FN4O2/c1-3-26-17-7-5-4-6-14(17)12-21-19(25)18-22-13(2)24(23-18)16-10-8-15(20)9-11-16/h4-11H,3,12H2,1-2H3,(H,21,25). The summed E-state index contributed by atoms with van der Waals surface area (Å²) < 4.78 is 20.1. The van der Waals surface area contributed by atoms with E-state index < -0.39 is 0 Å². The van der Waals surface area contributed by atoms with Gasteiger partial charge in [-0.05, 0) is 44.2 Å². The maximum absolute atomic E-state index is 13.1. The zero-order chi connectivity index (χ0) is 18.5. The lowest BCUT2D eigenvalue weighted by Gasteiger charge is -2.10. The van der Waals surface area contributed by atoms with Crippen molar-refractivity contribution in [1.82, 2.24) is 20.1 Å². The lowest BCUT2D eigenvalue weighted by Crippen LogP contribution is -2.24. The maximum atomic E-state index is 13.1. The number of benzene rings is 2. The quantitative estimate of drug-likeness (QED) is 0.739. The fourth-order valence-corrected chi connectivity index (χ4v) is 2.51. The Morgan fingerprint density at radius 1 is 1.19 bits per heavy atom. The smallest absolute Gasteiger partial charge is 0.291 e. The molecule has 0 radical (unpaired) electrons. The van der Waals surface area contributed by atoms with Gasteiger partial charge < -0.3 is 10.1 Å². The molecule has 0 aliphatic carbocycles. The van der Waals surface area contributed by atoms with Gasteiger partial charge in [0.15, 0.2) is 0 Å². The first-order valence-corrected chi connectivity index (χ1v) is 8.27. The van der Waals surface area contributed by atoms with Crippen molar-refractivity contribution in [2.75, 3.05) is 6.61 Å². The number of aromatic nitrogens is 3. The van der Waals surface area contributed by atoms with Crippen LogP contribution >= 0.6 is 0 Å². The molecule has 0 fully saturated rings. The molecule has 0 unspecified atom stereocenters. The summed E-state index contributed by atoms with van der Waals surface area (Å²) >= 11 is 0. The third kappa shape index (κ3) is 3.88. The number of hydrogen-bond donors (Lipinski definition) is 1. The van der Waals surface area contributed by atoms with E-state index in [0.29, 0.717) is 24.7 Å². The van der Waals surface area contributed by atoms with E-state index in [4.69, 9.17) is 4.74 Å². The summed E-state index contributed by atoms with van der Waals surface area (Å²) in [7, 11) is 0. The van der Waals surface area contributed by atoms with Crippen LogP contribution in [0, 0.1) is 12.7 Å². The summed E-state index contributed by atoms with van der Waals surface area (Å²) in [6, 6.07) is 13.3. The van der Waals surface area contributed by atoms with Gasteiger partial charge in [0.25, 0.3) is 5.91 Å². The van der Waals surface area contributed by atoms with E-state index in [0.717, 1.165) is 11.3 Å². The van der Waals surface area contributed by atoms with Crippen molar-refractivity contribution in [2.45, 2.75) is 20.4 Å². The highest BCUT2D eigenvalue weighted by molar-refractivity contribution is 5.90. The molecule has 26 heavy (non-hydrogen) atoms. The van der Waals surface area contributed by atoms with Crippen LogP contribution in [0.2, 0.25) is 0 Å². The van der Waals surface area contributed by atoms with Gasteiger partial charge in [-0.1, -0.05) is 18.2 Å². The van der Waals surface area contributed by atoms with Crippen LogP contribution in [0.15, 0.2) is 48.5 Å². The second-order valence-electron chi connectivity index (χ2n) is 5.59. The molecule has 2 aromatic carbocycles. The van der Waals surface area contributed by atoms with Crippen LogP contribution in [-0.2, 0) is 6.54 Å². The molecular weight excluding hydrogens is 335 g/mol. The normalized spacial score (nSPS) is 10.6. The number of para-hydroxylation sites is 1. The molecule has 0 saturated carbocycles. The van der Waals surface area contributed by atoms with E-state index >= 15 is 0 Å². The van der Waals surface area contributed by atoms with Crippen molar-refractivity contribution in [2.24, 2.45) is 0 Å². The molecule has 3 rings (SSSR count). The van der Waals surface area contributed by atoms with Crippen LogP contribution in [0.1, 0.15) is 28.9 Å². The van der Waals surface area contributed by atoms with E-state index in [1.165, 1.54) is 16.8 Å². The number of ether oxygens (including phenoxy) is 1. The molecule has 0 bridgehead atoms. The average Bonchev–Trinajstić information content (AvgIpc) is 3.03. The zero-order valence-corrected chi connectivity index (χ0v) is 14.6. The minimum atomic E-state index is -0.389. The zero-order valence-electron chi connectivity index (χ0n) is 14.6. The average molecular weight is 354 g/mol. The van der Waals surface area contributed by atoms with Gasteiger partial charge in [-0.15, -0.1) is 5.10 Å². The number of nitrogens with one attached hydrogen (secondary N) is 1. The van der Waals surface area contributed by atoms with Gasteiger partial charge in [-0.25, -0.2) is 14.1 Å². The Bertz CT molecular complexity index is 906. The van der Waals surface area contributed by atoms with Crippen molar-refractivity contribution >= 4 is 5.91 Å². The van der Waals surface area contributed by atoms with Gasteiger partial charge in [0.1, 0.15) is 17.4 Å². The number of aryl methyl sites for hydroxylation is 1. The molecular formula is C19H19FN4O2. The van der Waals surface area contributed by atoms with Crippen molar-refractivity contribution in [3.63, 3.8) is 0 Å². The van der Waals surface area contributed by atoms with Gasteiger partial charge >= 0.3 is 0 Å². The molecule has 0 spiro atoms. The van der Waals surface area contributed by atoms with Crippen molar-refractivity contribution in [3.05, 3.63) is 71.6 Å². The van der Waals surface area contributed by atoms with Crippen molar-refractivity contribution in [3.8, 4) is 11.4 Å². The Balaban J connectivity index is 1.73. The van der Waals surface area contributed by atoms with Crippen LogP contribution in [0.3, 0.4) is 0 Å². The first kappa shape index (κ1) is 17.6.